The number of benzene rings is 2. The summed E-state index contributed by atoms with van der Waals surface area (Å²) >= 11 is 0. The van der Waals surface area contributed by atoms with Crippen LogP contribution in [-0.2, 0) is 0 Å². The number of methoxy groups -OCH3 is 1. The van der Waals surface area contributed by atoms with Crippen molar-refractivity contribution < 1.29 is 18.7 Å². The number of carbonyl (C=O) groups is 1. The first-order valence-electron chi connectivity index (χ1n) is 13.7. The molecule has 0 spiro atoms. The van der Waals surface area contributed by atoms with Crippen molar-refractivity contribution >= 4 is 39.7 Å². The standard InChI is InChI=1S/C30H30N6O4/c1-16-15-36(16)29(37)19-9-11-22(24(13-19)38-3)33-30-34-27-26(28(35-30)40-20-6-4-5-7-20)21(14-31-27)18-8-10-23-25(12-18)39-17(2)32-23/h8-14,16,20H,4-7,15H2,1-3H3,(H2,31,33,34,35)/t16-,36?/m1/s1. The van der Waals surface area contributed by atoms with E-state index in [-0.39, 0.29) is 18.1 Å². The van der Waals surface area contributed by atoms with Crippen LogP contribution < -0.4 is 14.8 Å². The molecule has 3 aromatic heterocycles. The Hall–Kier alpha value is -4.60. The van der Waals surface area contributed by atoms with Gasteiger partial charge in [0.05, 0.1) is 18.2 Å². The lowest BCUT2D eigenvalue weighted by Crippen LogP contribution is -2.14. The summed E-state index contributed by atoms with van der Waals surface area (Å²) in [6, 6.07) is 11.6. The molecule has 5 aromatic rings. The Balaban J connectivity index is 1.27. The van der Waals surface area contributed by atoms with Gasteiger partial charge < -0.3 is 29.1 Å². The molecule has 0 unspecified atom stereocenters. The molecule has 7 rings (SSSR count). The molecule has 2 aromatic carbocycles. The summed E-state index contributed by atoms with van der Waals surface area (Å²) in [5, 5.41) is 4.09. The van der Waals surface area contributed by atoms with Crippen LogP contribution in [0.4, 0.5) is 11.6 Å². The van der Waals surface area contributed by atoms with Gasteiger partial charge in [-0.3, -0.25) is 4.79 Å². The van der Waals surface area contributed by atoms with Crippen molar-refractivity contribution in [3.05, 3.63) is 54.0 Å². The Morgan fingerprint density at radius 1 is 1.12 bits per heavy atom. The van der Waals surface area contributed by atoms with Crippen LogP contribution in [0.15, 0.2) is 47.0 Å². The number of nitrogens with one attached hydrogen (secondary N) is 2. The minimum absolute atomic E-state index is 0.000127. The number of amides is 1. The van der Waals surface area contributed by atoms with E-state index in [1.807, 2.05) is 49.2 Å². The Bertz CT molecular complexity index is 1750. The predicted octanol–water partition coefficient (Wildman–Crippen LogP) is 5.99. The van der Waals surface area contributed by atoms with E-state index in [1.165, 1.54) is 0 Å². The third-order valence-corrected chi connectivity index (χ3v) is 7.70. The van der Waals surface area contributed by atoms with Gasteiger partial charge in [0.1, 0.15) is 23.0 Å². The van der Waals surface area contributed by atoms with E-state index in [4.69, 9.17) is 23.9 Å². The number of anilines is 2. The predicted molar refractivity (Wildman–Crippen MR) is 151 cm³/mol. The van der Waals surface area contributed by atoms with E-state index < -0.39 is 0 Å². The molecule has 4 heterocycles. The number of fused-ring (bicyclic) bond motifs is 2. The van der Waals surface area contributed by atoms with Gasteiger partial charge in [0.15, 0.2) is 11.5 Å². The van der Waals surface area contributed by atoms with E-state index in [0.717, 1.165) is 59.8 Å². The lowest BCUT2D eigenvalue weighted by molar-refractivity contribution is 0.0876. The third-order valence-electron chi connectivity index (χ3n) is 7.70. The molecular formula is C30H30N6O4. The van der Waals surface area contributed by atoms with Crippen molar-refractivity contribution in [3.8, 4) is 22.8 Å². The topological polar surface area (TPSA) is 118 Å². The number of hydrogen-bond acceptors (Lipinski definition) is 8. The van der Waals surface area contributed by atoms with Crippen molar-refractivity contribution in [2.45, 2.75) is 51.7 Å². The molecule has 2 aliphatic rings. The number of aromatic nitrogens is 4. The summed E-state index contributed by atoms with van der Waals surface area (Å²) in [4.78, 5) is 31.8. The van der Waals surface area contributed by atoms with Crippen LogP contribution in [0.1, 0.15) is 48.9 Å². The van der Waals surface area contributed by atoms with Crippen molar-refractivity contribution in [2.75, 3.05) is 19.0 Å². The zero-order valence-electron chi connectivity index (χ0n) is 22.7. The highest BCUT2D eigenvalue weighted by Crippen LogP contribution is 2.38. The summed E-state index contributed by atoms with van der Waals surface area (Å²) in [6.45, 7) is 4.65. The van der Waals surface area contributed by atoms with Gasteiger partial charge in [-0.25, -0.2) is 4.98 Å². The molecule has 10 nitrogen and oxygen atoms in total. The molecule has 10 heteroatoms. The smallest absolute Gasteiger partial charge is 0.254 e. The molecule has 2 N–H and O–H groups in total. The summed E-state index contributed by atoms with van der Waals surface area (Å²) in [5.41, 5.74) is 5.31. The number of aryl methyl sites for hydroxylation is 1. The highest BCUT2D eigenvalue weighted by Gasteiger charge is 2.35. The van der Waals surface area contributed by atoms with Crippen LogP contribution in [0.3, 0.4) is 0 Å². The van der Waals surface area contributed by atoms with Gasteiger partial charge in [0.25, 0.3) is 5.91 Å². The van der Waals surface area contributed by atoms with Crippen LogP contribution in [0.5, 0.6) is 11.6 Å². The third kappa shape index (κ3) is 4.39. The fourth-order valence-corrected chi connectivity index (χ4v) is 5.47. The van der Waals surface area contributed by atoms with E-state index in [9.17, 15) is 4.79 Å². The second kappa shape index (κ2) is 9.55. The second-order valence-corrected chi connectivity index (χ2v) is 10.6. The fourth-order valence-electron chi connectivity index (χ4n) is 5.47. The average molecular weight is 539 g/mol. The molecule has 1 aliphatic heterocycles. The number of ether oxygens (including phenoxy) is 2. The highest BCUT2D eigenvalue weighted by atomic mass is 16.5. The van der Waals surface area contributed by atoms with Crippen LogP contribution in [0.2, 0.25) is 0 Å². The number of nitrogens with zero attached hydrogens (tertiary/aromatic N) is 4. The lowest BCUT2D eigenvalue weighted by Gasteiger charge is -2.16. The quantitative estimate of drug-likeness (QED) is 0.243. The SMILES string of the molecule is COc1cc(C(=O)N2C[C@H]2C)ccc1Nc1nc(OC2CCCC2)c2c(-c3ccc4nc(C)oc4c3)c[nH]c2n1. The number of aromatic amines is 1. The second-order valence-electron chi connectivity index (χ2n) is 10.6. The minimum atomic E-state index is -0.000127. The minimum Gasteiger partial charge on any atom is -0.495 e. The molecule has 1 saturated heterocycles. The van der Waals surface area contributed by atoms with Gasteiger partial charge >= 0.3 is 0 Å². The molecule has 1 amide bonds. The largest absolute Gasteiger partial charge is 0.495 e. The molecule has 1 atom stereocenters. The van der Waals surface area contributed by atoms with Gasteiger partial charge in [0.2, 0.25) is 11.8 Å². The normalized spacial score (nSPS) is 17.1. The number of rotatable bonds is 7. The van der Waals surface area contributed by atoms with Crippen molar-refractivity contribution in [1.82, 2.24) is 24.8 Å². The summed E-state index contributed by atoms with van der Waals surface area (Å²) < 4.78 is 17.9. The highest BCUT2D eigenvalue weighted by molar-refractivity contribution is 5.99. The van der Waals surface area contributed by atoms with Gasteiger partial charge in [0, 0.05) is 36.8 Å². The van der Waals surface area contributed by atoms with Crippen LogP contribution in [0.25, 0.3) is 33.3 Å². The number of H-pyrrole nitrogens is 1. The zero-order valence-corrected chi connectivity index (χ0v) is 22.7. The average Bonchev–Trinajstić information content (AvgIpc) is 3.32. The maximum absolute atomic E-state index is 12.7. The first-order chi connectivity index (χ1) is 19.5. The molecular weight excluding hydrogens is 508 g/mol. The molecule has 40 heavy (non-hydrogen) atoms. The van der Waals surface area contributed by atoms with Gasteiger partial charge in [-0.05, 0) is 68.5 Å². The Morgan fingerprint density at radius 2 is 1.95 bits per heavy atom. The Kier molecular flexibility index (Phi) is 5.83. The monoisotopic (exact) mass is 538 g/mol. The van der Waals surface area contributed by atoms with Gasteiger partial charge in [-0.1, -0.05) is 6.07 Å². The summed E-state index contributed by atoms with van der Waals surface area (Å²) in [5.74, 6) is 2.05. The first kappa shape index (κ1) is 24.4. The van der Waals surface area contributed by atoms with Crippen LogP contribution in [-0.4, -0.2) is 56.5 Å². The van der Waals surface area contributed by atoms with E-state index in [1.54, 1.807) is 19.2 Å². The van der Waals surface area contributed by atoms with Crippen LogP contribution in [0, 0.1) is 6.92 Å². The van der Waals surface area contributed by atoms with Crippen LogP contribution >= 0.6 is 0 Å². The number of oxazole rings is 1. The number of carbonyl (C=O) groups excluding carboxylic acids is 1. The van der Waals surface area contributed by atoms with E-state index in [0.29, 0.717) is 40.4 Å². The van der Waals surface area contributed by atoms with Crippen molar-refractivity contribution in [1.29, 1.82) is 0 Å². The summed E-state index contributed by atoms with van der Waals surface area (Å²) in [7, 11) is 1.58. The lowest BCUT2D eigenvalue weighted by atomic mass is 10.1. The first-order valence-corrected chi connectivity index (χ1v) is 13.7. The molecule has 0 bridgehead atoms. The fraction of sp³-hybridized carbons (Fsp3) is 0.333. The van der Waals surface area contributed by atoms with E-state index in [2.05, 4.69) is 15.3 Å². The Morgan fingerprint density at radius 3 is 2.73 bits per heavy atom. The maximum atomic E-state index is 12.7. The molecule has 1 saturated carbocycles. The molecule has 1 aliphatic carbocycles. The zero-order chi connectivity index (χ0) is 27.4. The van der Waals surface area contributed by atoms with Gasteiger partial charge in [-0.2, -0.15) is 9.97 Å². The Labute approximate surface area is 230 Å². The van der Waals surface area contributed by atoms with E-state index >= 15 is 0 Å². The number of hydrogen-bond donors (Lipinski definition) is 2. The molecule has 204 valence electrons. The van der Waals surface area contributed by atoms with Crippen molar-refractivity contribution in [2.24, 2.45) is 0 Å². The maximum Gasteiger partial charge on any atom is 0.254 e. The van der Waals surface area contributed by atoms with Gasteiger partial charge in [-0.15, -0.1) is 0 Å². The summed E-state index contributed by atoms with van der Waals surface area (Å²) in [6.07, 6.45) is 6.30. The molecule has 0 radical (unpaired) electrons. The van der Waals surface area contributed by atoms with Crippen molar-refractivity contribution in [3.63, 3.8) is 0 Å². The molecule has 2 fully saturated rings.